The zero-order valence-corrected chi connectivity index (χ0v) is 9.11. The zero-order valence-electron chi connectivity index (χ0n) is 9.11. The van der Waals surface area contributed by atoms with E-state index in [0.717, 1.165) is 0 Å². The van der Waals surface area contributed by atoms with Gasteiger partial charge in [0.25, 0.3) is 0 Å². The SMILES string of the molecule is COc1ccc(C(=O)[C@H](C)N)cc1OC. The lowest BCUT2D eigenvalue weighted by Crippen LogP contribution is -2.26. The molecule has 0 saturated carbocycles. The first-order valence-corrected chi connectivity index (χ1v) is 4.62. The fourth-order valence-electron chi connectivity index (χ4n) is 1.25. The number of carbonyl (C=O) groups excluding carboxylic acids is 1. The number of Topliss-reactive ketones (excluding diaryl/α,β-unsaturated/α-hetero) is 1. The number of ketones is 1. The van der Waals surface area contributed by atoms with Crippen LogP contribution in [0.25, 0.3) is 0 Å². The van der Waals surface area contributed by atoms with E-state index in [1.54, 1.807) is 32.2 Å². The molecule has 15 heavy (non-hydrogen) atoms. The topological polar surface area (TPSA) is 61.5 Å². The fraction of sp³-hybridized carbons (Fsp3) is 0.364. The third-order valence-electron chi connectivity index (χ3n) is 2.08. The number of carbonyl (C=O) groups is 1. The molecule has 1 aromatic carbocycles. The summed E-state index contributed by atoms with van der Waals surface area (Å²) in [5.74, 6) is 1.01. The van der Waals surface area contributed by atoms with Gasteiger partial charge in [-0.25, -0.2) is 0 Å². The van der Waals surface area contributed by atoms with Gasteiger partial charge in [0.05, 0.1) is 20.3 Å². The lowest BCUT2D eigenvalue weighted by atomic mass is 10.1. The van der Waals surface area contributed by atoms with Gasteiger partial charge in [-0.15, -0.1) is 0 Å². The van der Waals surface area contributed by atoms with E-state index in [9.17, 15) is 4.79 Å². The van der Waals surface area contributed by atoms with Gasteiger partial charge in [-0.1, -0.05) is 0 Å². The van der Waals surface area contributed by atoms with Crippen LogP contribution in [-0.4, -0.2) is 26.0 Å². The molecule has 0 unspecified atom stereocenters. The smallest absolute Gasteiger partial charge is 0.179 e. The maximum atomic E-state index is 11.6. The molecule has 0 amide bonds. The summed E-state index contributed by atoms with van der Waals surface area (Å²) < 4.78 is 10.2. The third-order valence-corrected chi connectivity index (χ3v) is 2.08. The van der Waals surface area contributed by atoms with Gasteiger partial charge in [-0.3, -0.25) is 4.79 Å². The maximum Gasteiger partial charge on any atom is 0.179 e. The predicted octanol–water partition coefficient (Wildman–Crippen LogP) is 1.23. The van der Waals surface area contributed by atoms with Gasteiger partial charge in [0.15, 0.2) is 17.3 Å². The summed E-state index contributed by atoms with van der Waals surface area (Å²) in [6.45, 7) is 1.65. The Hall–Kier alpha value is -1.55. The monoisotopic (exact) mass is 209 g/mol. The minimum atomic E-state index is -0.511. The van der Waals surface area contributed by atoms with E-state index in [1.165, 1.54) is 7.11 Å². The Kier molecular flexibility index (Phi) is 3.68. The van der Waals surface area contributed by atoms with E-state index in [2.05, 4.69) is 0 Å². The quantitative estimate of drug-likeness (QED) is 0.758. The van der Waals surface area contributed by atoms with Crippen LogP contribution in [0.2, 0.25) is 0 Å². The molecule has 0 aromatic heterocycles. The molecule has 1 rings (SSSR count). The minimum absolute atomic E-state index is 0.115. The molecule has 0 aliphatic carbocycles. The van der Waals surface area contributed by atoms with Crippen molar-refractivity contribution in [1.82, 2.24) is 0 Å². The van der Waals surface area contributed by atoms with E-state index in [1.807, 2.05) is 0 Å². The number of hydrogen-bond acceptors (Lipinski definition) is 4. The van der Waals surface area contributed by atoms with E-state index in [4.69, 9.17) is 15.2 Å². The van der Waals surface area contributed by atoms with E-state index < -0.39 is 6.04 Å². The van der Waals surface area contributed by atoms with Crippen molar-refractivity contribution in [1.29, 1.82) is 0 Å². The highest BCUT2D eigenvalue weighted by molar-refractivity contribution is 6.00. The highest BCUT2D eigenvalue weighted by atomic mass is 16.5. The van der Waals surface area contributed by atoms with E-state index >= 15 is 0 Å². The molecule has 0 fully saturated rings. The van der Waals surface area contributed by atoms with Crippen LogP contribution in [0.5, 0.6) is 11.5 Å². The average molecular weight is 209 g/mol. The summed E-state index contributed by atoms with van der Waals surface area (Å²) in [6, 6.07) is 4.48. The van der Waals surface area contributed by atoms with Crippen LogP contribution in [0.1, 0.15) is 17.3 Å². The standard InChI is InChI=1S/C11H15NO3/c1-7(12)11(13)8-4-5-9(14-2)10(6-8)15-3/h4-7H,12H2,1-3H3/t7-/m0/s1. The summed E-state index contributed by atoms with van der Waals surface area (Å²) >= 11 is 0. The van der Waals surface area contributed by atoms with Crippen LogP contribution >= 0.6 is 0 Å². The summed E-state index contributed by atoms with van der Waals surface area (Å²) in [4.78, 5) is 11.6. The molecule has 0 saturated heterocycles. The van der Waals surface area contributed by atoms with E-state index in [0.29, 0.717) is 17.1 Å². The fourth-order valence-corrected chi connectivity index (χ4v) is 1.25. The molecule has 1 atom stereocenters. The van der Waals surface area contributed by atoms with Crippen molar-refractivity contribution in [2.45, 2.75) is 13.0 Å². The Labute approximate surface area is 89.0 Å². The zero-order chi connectivity index (χ0) is 11.4. The lowest BCUT2D eigenvalue weighted by Gasteiger charge is -2.10. The average Bonchev–Trinajstić information content (AvgIpc) is 2.26. The second kappa shape index (κ2) is 4.79. The minimum Gasteiger partial charge on any atom is -0.493 e. The Bertz CT molecular complexity index is 361. The lowest BCUT2D eigenvalue weighted by molar-refractivity contribution is 0.0967. The molecule has 0 spiro atoms. The van der Waals surface area contributed by atoms with Crippen LogP contribution in [0.3, 0.4) is 0 Å². The van der Waals surface area contributed by atoms with Crippen molar-refractivity contribution in [3.8, 4) is 11.5 Å². The van der Waals surface area contributed by atoms with Gasteiger partial charge in [0.1, 0.15) is 0 Å². The van der Waals surface area contributed by atoms with Gasteiger partial charge in [-0.2, -0.15) is 0 Å². The van der Waals surface area contributed by atoms with Gasteiger partial charge in [0, 0.05) is 5.56 Å². The summed E-state index contributed by atoms with van der Waals surface area (Å²) in [7, 11) is 3.07. The largest absolute Gasteiger partial charge is 0.493 e. The molecule has 0 radical (unpaired) electrons. The van der Waals surface area contributed by atoms with E-state index in [-0.39, 0.29) is 5.78 Å². The normalized spacial score (nSPS) is 12.0. The maximum absolute atomic E-state index is 11.6. The highest BCUT2D eigenvalue weighted by Crippen LogP contribution is 2.27. The predicted molar refractivity (Wildman–Crippen MR) is 57.5 cm³/mol. The molecular weight excluding hydrogens is 194 g/mol. The van der Waals surface area contributed by atoms with Crippen LogP contribution in [0.4, 0.5) is 0 Å². The molecule has 82 valence electrons. The summed E-state index contributed by atoms with van der Waals surface area (Å²) in [5.41, 5.74) is 6.04. The molecule has 0 bridgehead atoms. The van der Waals surface area contributed by atoms with Crippen LogP contribution in [0, 0.1) is 0 Å². The van der Waals surface area contributed by atoms with Crippen molar-refractivity contribution in [3.63, 3.8) is 0 Å². The highest BCUT2D eigenvalue weighted by Gasteiger charge is 2.13. The molecule has 4 nitrogen and oxygen atoms in total. The van der Waals surface area contributed by atoms with Crippen LogP contribution in [-0.2, 0) is 0 Å². The first kappa shape index (κ1) is 11.5. The second-order valence-electron chi connectivity index (χ2n) is 3.22. The van der Waals surface area contributed by atoms with Crippen molar-refractivity contribution in [3.05, 3.63) is 23.8 Å². The number of rotatable bonds is 4. The Morgan fingerprint density at radius 1 is 1.27 bits per heavy atom. The molecular formula is C11H15NO3. The van der Waals surface area contributed by atoms with Crippen LogP contribution < -0.4 is 15.2 Å². The van der Waals surface area contributed by atoms with Crippen molar-refractivity contribution in [2.75, 3.05) is 14.2 Å². The second-order valence-corrected chi connectivity index (χ2v) is 3.22. The van der Waals surface area contributed by atoms with Gasteiger partial charge >= 0.3 is 0 Å². The number of hydrogen-bond donors (Lipinski definition) is 1. The number of ether oxygens (including phenoxy) is 2. The number of nitrogens with two attached hydrogens (primary N) is 1. The van der Waals surface area contributed by atoms with Crippen molar-refractivity contribution >= 4 is 5.78 Å². The van der Waals surface area contributed by atoms with Gasteiger partial charge in [-0.05, 0) is 25.1 Å². The van der Waals surface area contributed by atoms with Crippen molar-refractivity contribution < 1.29 is 14.3 Å². The summed E-state index contributed by atoms with van der Waals surface area (Å²) in [6.07, 6.45) is 0. The van der Waals surface area contributed by atoms with Crippen molar-refractivity contribution in [2.24, 2.45) is 5.73 Å². The Balaban J connectivity index is 3.08. The molecule has 2 N–H and O–H groups in total. The third kappa shape index (κ3) is 2.47. The van der Waals surface area contributed by atoms with Gasteiger partial charge < -0.3 is 15.2 Å². The first-order chi connectivity index (χ1) is 7.10. The Morgan fingerprint density at radius 3 is 2.33 bits per heavy atom. The molecule has 1 aromatic rings. The number of benzene rings is 1. The molecule has 0 aliphatic heterocycles. The molecule has 0 aliphatic rings. The van der Waals surface area contributed by atoms with Crippen LogP contribution in [0.15, 0.2) is 18.2 Å². The van der Waals surface area contributed by atoms with Gasteiger partial charge in [0.2, 0.25) is 0 Å². The molecule has 0 heterocycles. The molecule has 4 heteroatoms. The Morgan fingerprint density at radius 2 is 1.87 bits per heavy atom. The summed E-state index contributed by atoms with van der Waals surface area (Å²) in [5, 5.41) is 0. The first-order valence-electron chi connectivity index (χ1n) is 4.62. The number of methoxy groups -OCH3 is 2.